The van der Waals surface area contributed by atoms with Crippen LogP contribution < -0.4 is 25.6 Å². The van der Waals surface area contributed by atoms with Gasteiger partial charge in [0.25, 0.3) is 0 Å². The van der Waals surface area contributed by atoms with Crippen LogP contribution in [0.1, 0.15) is 18.0 Å². The number of anilines is 1. The average Bonchev–Trinajstić information content (AvgIpc) is 3.12. The Bertz CT molecular complexity index is 769. The minimum absolute atomic E-state index is 0.0276. The van der Waals surface area contributed by atoms with Gasteiger partial charge in [-0.15, -0.1) is 0 Å². The van der Waals surface area contributed by atoms with Gasteiger partial charge in [-0.25, -0.2) is 10.9 Å². The molecule has 1 saturated heterocycles. The van der Waals surface area contributed by atoms with Gasteiger partial charge >= 0.3 is 0 Å². The van der Waals surface area contributed by atoms with E-state index in [1.54, 1.807) is 32.4 Å². The number of benzene rings is 2. The van der Waals surface area contributed by atoms with E-state index in [0.29, 0.717) is 28.6 Å². The molecule has 3 rings (SSSR count). The van der Waals surface area contributed by atoms with Crippen LogP contribution in [0, 0.1) is 0 Å². The zero-order valence-corrected chi connectivity index (χ0v) is 14.8. The molecule has 6 nitrogen and oxygen atoms in total. The van der Waals surface area contributed by atoms with Gasteiger partial charge in [-0.05, 0) is 36.2 Å². The van der Waals surface area contributed by atoms with Crippen molar-refractivity contribution in [1.82, 2.24) is 10.9 Å². The number of carbonyl (C=O) groups excluding carboxylic acids is 1. The van der Waals surface area contributed by atoms with Crippen LogP contribution in [0.3, 0.4) is 0 Å². The second-order valence-electron chi connectivity index (χ2n) is 5.74. The Balaban J connectivity index is 1.64. The van der Waals surface area contributed by atoms with Crippen LogP contribution >= 0.6 is 11.6 Å². The summed E-state index contributed by atoms with van der Waals surface area (Å²) in [6.45, 7) is 0. The Labute approximate surface area is 151 Å². The van der Waals surface area contributed by atoms with Crippen molar-refractivity contribution in [3.63, 3.8) is 0 Å². The molecule has 1 heterocycles. The van der Waals surface area contributed by atoms with Crippen molar-refractivity contribution in [2.24, 2.45) is 0 Å². The highest BCUT2D eigenvalue weighted by Gasteiger charge is 2.30. The van der Waals surface area contributed by atoms with Gasteiger partial charge in [-0.3, -0.25) is 4.79 Å². The van der Waals surface area contributed by atoms with Gasteiger partial charge in [0.05, 0.1) is 14.2 Å². The fourth-order valence-electron chi connectivity index (χ4n) is 2.81. The number of hydrogen-bond acceptors (Lipinski definition) is 5. The lowest BCUT2D eigenvalue weighted by Gasteiger charge is -2.13. The molecule has 0 bridgehead atoms. The van der Waals surface area contributed by atoms with Crippen LogP contribution in [0.5, 0.6) is 11.5 Å². The summed E-state index contributed by atoms with van der Waals surface area (Å²) in [6.07, 6.45) is 0.624. The summed E-state index contributed by atoms with van der Waals surface area (Å²) in [5.74, 6) is 1.06. The molecule has 0 aliphatic carbocycles. The molecular formula is C18H20ClN3O3. The maximum Gasteiger partial charge on any atom is 0.242 e. The first kappa shape index (κ1) is 17.5. The van der Waals surface area contributed by atoms with Gasteiger partial charge in [0, 0.05) is 22.8 Å². The highest BCUT2D eigenvalue weighted by molar-refractivity contribution is 6.30. The summed E-state index contributed by atoms with van der Waals surface area (Å²) in [6, 6.07) is 12.5. The Morgan fingerprint density at radius 2 is 1.92 bits per heavy atom. The minimum Gasteiger partial charge on any atom is -0.493 e. The number of carbonyl (C=O) groups is 1. The standard InChI is InChI=1S/C18H20ClN3O3/c1-24-16-7-6-13(9-17(16)25-2)20-18(23)15-10-14(21-22-15)11-4-3-5-12(19)8-11/h3-9,14-15,21-22H,10H2,1-2H3,(H,20,23). The number of halogens is 1. The van der Waals surface area contributed by atoms with E-state index in [2.05, 4.69) is 16.2 Å². The van der Waals surface area contributed by atoms with Crippen LogP contribution in [0.25, 0.3) is 0 Å². The lowest BCUT2D eigenvalue weighted by atomic mass is 10.0. The zero-order valence-electron chi connectivity index (χ0n) is 14.0. The van der Waals surface area contributed by atoms with Crippen molar-refractivity contribution in [3.05, 3.63) is 53.1 Å². The van der Waals surface area contributed by atoms with Crippen molar-refractivity contribution in [1.29, 1.82) is 0 Å². The van der Waals surface area contributed by atoms with Gasteiger partial charge < -0.3 is 14.8 Å². The van der Waals surface area contributed by atoms with Crippen molar-refractivity contribution in [2.45, 2.75) is 18.5 Å². The predicted molar refractivity (Wildman–Crippen MR) is 97.0 cm³/mol. The van der Waals surface area contributed by atoms with Crippen LogP contribution in [-0.2, 0) is 4.79 Å². The van der Waals surface area contributed by atoms with Crippen LogP contribution in [0.2, 0.25) is 5.02 Å². The molecule has 1 amide bonds. The number of rotatable bonds is 5. The number of hydrazine groups is 1. The first-order valence-corrected chi connectivity index (χ1v) is 8.28. The molecule has 1 aliphatic heterocycles. The SMILES string of the molecule is COc1ccc(NC(=O)C2CC(c3cccc(Cl)c3)NN2)cc1OC. The molecule has 1 fully saturated rings. The van der Waals surface area contributed by atoms with E-state index in [1.807, 2.05) is 24.3 Å². The predicted octanol–water partition coefficient (Wildman–Crippen LogP) is 2.90. The van der Waals surface area contributed by atoms with Crippen molar-refractivity contribution < 1.29 is 14.3 Å². The molecular weight excluding hydrogens is 342 g/mol. The zero-order chi connectivity index (χ0) is 17.8. The summed E-state index contributed by atoms with van der Waals surface area (Å²) >= 11 is 6.03. The van der Waals surface area contributed by atoms with Crippen LogP contribution in [0.4, 0.5) is 5.69 Å². The first-order chi connectivity index (χ1) is 12.1. The number of hydrogen-bond donors (Lipinski definition) is 3. The molecule has 7 heteroatoms. The molecule has 2 aromatic carbocycles. The van der Waals surface area contributed by atoms with Gasteiger partial charge in [-0.2, -0.15) is 0 Å². The highest BCUT2D eigenvalue weighted by atomic mass is 35.5. The van der Waals surface area contributed by atoms with Gasteiger partial charge in [0.15, 0.2) is 11.5 Å². The van der Waals surface area contributed by atoms with E-state index in [1.165, 1.54) is 0 Å². The van der Waals surface area contributed by atoms with Gasteiger partial charge in [0.1, 0.15) is 6.04 Å². The van der Waals surface area contributed by atoms with Crippen molar-refractivity contribution >= 4 is 23.2 Å². The van der Waals surface area contributed by atoms with Crippen molar-refractivity contribution in [2.75, 3.05) is 19.5 Å². The summed E-state index contributed by atoms with van der Waals surface area (Å²) in [7, 11) is 3.13. The first-order valence-electron chi connectivity index (χ1n) is 7.90. The number of amides is 1. The summed E-state index contributed by atoms with van der Waals surface area (Å²) in [5.41, 5.74) is 7.87. The smallest absolute Gasteiger partial charge is 0.242 e. The van der Waals surface area contributed by atoms with E-state index < -0.39 is 0 Å². The molecule has 0 aromatic heterocycles. The summed E-state index contributed by atoms with van der Waals surface area (Å²) in [5, 5.41) is 3.57. The van der Waals surface area contributed by atoms with E-state index in [9.17, 15) is 4.79 Å². The maximum atomic E-state index is 12.5. The largest absolute Gasteiger partial charge is 0.493 e. The lowest BCUT2D eigenvalue weighted by molar-refractivity contribution is -0.117. The molecule has 2 unspecified atom stereocenters. The average molecular weight is 362 g/mol. The molecule has 25 heavy (non-hydrogen) atoms. The summed E-state index contributed by atoms with van der Waals surface area (Å²) in [4.78, 5) is 12.5. The fraction of sp³-hybridized carbons (Fsp3) is 0.278. The van der Waals surface area contributed by atoms with E-state index >= 15 is 0 Å². The molecule has 1 aliphatic rings. The molecule has 2 atom stereocenters. The topological polar surface area (TPSA) is 71.6 Å². The second kappa shape index (κ2) is 7.74. The Hall–Kier alpha value is -2.28. The van der Waals surface area contributed by atoms with E-state index in [-0.39, 0.29) is 18.0 Å². The second-order valence-corrected chi connectivity index (χ2v) is 6.18. The third-order valence-corrected chi connectivity index (χ3v) is 4.36. The Kier molecular flexibility index (Phi) is 5.43. The summed E-state index contributed by atoms with van der Waals surface area (Å²) < 4.78 is 10.5. The molecule has 3 N–H and O–H groups in total. The third-order valence-electron chi connectivity index (χ3n) is 4.12. The van der Waals surface area contributed by atoms with E-state index in [0.717, 1.165) is 5.56 Å². The maximum absolute atomic E-state index is 12.5. The lowest BCUT2D eigenvalue weighted by Crippen LogP contribution is -2.39. The van der Waals surface area contributed by atoms with Gasteiger partial charge in [-0.1, -0.05) is 23.7 Å². The molecule has 0 spiro atoms. The molecule has 132 valence electrons. The highest BCUT2D eigenvalue weighted by Crippen LogP contribution is 2.30. The fourth-order valence-corrected chi connectivity index (χ4v) is 3.01. The number of nitrogens with one attached hydrogen (secondary N) is 3. The van der Waals surface area contributed by atoms with Crippen LogP contribution in [-0.4, -0.2) is 26.2 Å². The number of methoxy groups -OCH3 is 2. The monoisotopic (exact) mass is 361 g/mol. The quantitative estimate of drug-likeness (QED) is 0.763. The Morgan fingerprint density at radius 1 is 1.12 bits per heavy atom. The third kappa shape index (κ3) is 4.04. The van der Waals surface area contributed by atoms with Gasteiger partial charge in [0.2, 0.25) is 5.91 Å². The molecule has 2 aromatic rings. The minimum atomic E-state index is -0.350. The van der Waals surface area contributed by atoms with Crippen molar-refractivity contribution in [3.8, 4) is 11.5 Å². The van der Waals surface area contributed by atoms with Crippen LogP contribution in [0.15, 0.2) is 42.5 Å². The van der Waals surface area contributed by atoms with E-state index in [4.69, 9.17) is 21.1 Å². The number of ether oxygens (including phenoxy) is 2. The molecule has 0 saturated carbocycles. The normalized spacial score (nSPS) is 19.5. The molecule has 0 radical (unpaired) electrons. The Morgan fingerprint density at radius 3 is 2.64 bits per heavy atom.